The van der Waals surface area contributed by atoms with Gasteiger partial charge < -0.3 is 9.84 Å². The number of aliphatic hydroxyl groups is 1. The molecule has 2 atom stereocenters. The molecule has 2 unspecified atom stereocenters. The average Bonchev–Trinajstić information content (AvgIpc) is 3.05. The fraction of sp³-hybridized carbons (Fsp3) is 0.632. The van der Waals surface area contributed by atoms with E-state index in [9.17, 15) is 5.11 Å². The van der Waals surface area contributed by atoms with E-state index in [2.05, 4.69) is 15.1 Å². The molecule has 6 heteroatoms. The van der Waals surface area contributed by atoms with Crippen LogP contribution >= 0.6 is 0 Å². The summed E-state index contributed by atoms with van der Waals surface area (Å²) in [4.78, 5) is 8.43. The summed E-state index contributed by atoms with van der Waals surface area (Å²) in [6.07, 6.45) is 5.39. The van der Waals surface area contributed by atoms with Crippen molar-refractivity contribution < 1.29 is 9.84 Å². The Labute approximate surface area is 150 Å². The molecule has 0 radical (unpaired) electrons. The first-order valence-electron chi connectivity index (χ1n) is 8.88. The minimum Gasteiger partial charge on any atom is -0.492 e. The predicted octanol–water partition coefficient (Wildman–Crippen LogP) is 3.49. The van der Waals surface area contributed by atoms with Crippen LogP contribution in [0.15, 0.2) is 24.8 Å². The van der Waals surface area contributed by atoms with Gasteiger partial charge >= 0.3 is 0 Å². The van der Waals surface area contributed by atoms with Crippen molar-refractivity contribution in [1.82, 2.24) is 19.7 Å². The molecule has 0 amide bonds. The molecule has 0 spiro atoms. The van der Waals surface area contributed by atoms with Gasteiger partial charge in [-0.2, -0.15) is 5.10 Å². The van der Waals surface area contributed by atoms with Gasteiger partial charge in [0.25, 0.3) is 0 Å². The number of aliphatic hydroxyl groups excluding tert-OH is 1. The Kier molecular flexibility index (Phi) is 6.53. The van der Waals surface area contributed by atoms with E-state index < -0.39 is 6.10 Å². The lowest BCUT2D eigenvalue weighted by molar-refractivity contribution is 0.00822. The second-order valence-corrected chi connectivity index (χ2v) is 7.63. The van der Waals surface area contributed by atoms with Crippen LogP contribution in [0.4, 0.5) is 0 Å². The van der Waals surface area contributed by atoms with Gasteiger partial charge in [-0.05, 0) is 50.7 Å². The number of aromatic nitrogens is 4. The molecule has 6 nitrogen and oxygen atoms in total. The Morgan fingerprint density at radius 3 is 2.56 bits per heavy atom. The Morgan fingerprint density at radius 1 is 1.20 bits per heavy atom. The van der Waals surface area contributed by atoms with Crippen molar-refractivity contribution in [2.45, 2.75) is 66.0 Å². The van der Waals surface area contributed by atoms with E-state index in [-0.39, 0.29) is 11.5 Å². The maximum atomic E-state index is 10.7. The maximum Gasteiger partial charge on any atom is 0.140 e. The van der Waals surface area contributed by atoms with Crippen molar-refractivity contribution in [1.29, 1.82) is 0 Å². The molecule has 25 heavy (non-hydrogen) atoms. The molecular weight excluding hydrogens is 316 g/mol. The molecule has 0 aliphatic heterocycles. The largest absolute Gasteiger partial charge is 0.492 e. The molecular formula is C19H30N4O2. The first kappa shape index (κ1) is 19.4. The highest BCUT2D eigenvalue weighted by Gasteiger charge is 2.31. The van der Waals surface area contributed by atoms with Gasteiger partial charge in [-0.25, -0.2) is 9.67 Å². The van der Waals surface area contributed by atoms with Crippen LogP contribution in [0.25, 0.3) is 0 Å². The fourth-order valence-corrected chi connectivity index (χ4v) is 2.86. The number of aryl methyl sites for hydroxylation is 2. The summed E-state index contributed by atoms with van der Waals surface area (Å²) in [6, 6.07) is 3.85. The Bertz CT molecular complexity index is 650. The van der Waals surface area contributed by atoms with Gasteiger partial charge in [-0.3, -0.25) is 4.98 Å². The molecule has 2 aromatic heterocycles. The number of unbranched alkanes of at least 4 members (excludes halogenated alkanes) is 1. The van der Waals surface area contributed by atoms with Crippen molar-refractivity contribution in [2.75, 3.05) is 6.61 Å². The van der Waals surface area contributed by atoms with Crippen LogP contribution in [-0.4, -0.2) is 37.6 Å². The minimum atomic E-state index is -0.487. The normalized spacial score (nSPS) is 14.3. The van der Waals surface area contributed by atoms with Crippen molar-refractivity contribution in [3.05, 3.63) is 36.2 Å². The molecule has 0 bridgehead atoms. The van der Waals surface area contributed by atoms with Crippen molar-refractivity contribution in [3.8, 4) is 5.75 Å². The third-order valence-electron chi connectivity index (χ3n) is 4.36. The standard InChI is InChI=1S/C19H30N4O2/c1-14-9-10-17(15(2)22-14)25-11-7-6-8-16(18(24)19(3,4)5)23-13-20-12-21-23/h9-10,12-13,16,18,24H,6-8,11H2,1-5H3. The molecule has 2 aromatic rings. The van der Waals surface area contributed by atoms with Gasteiger partial charge in [-0.1, -0.05) is 20.8 Å². The van der Waals surface area contributed by atoms with Crippen LogP contribution in [0.2, 0.25) is 0 Å². The van der Waals surface area contributed by atoms with Crippen molar-refractivity contribution >= 4 is 0 Å². The van der Waals surface area contributed by atoms with Gasteiger partial charge in [0.2, 0.25) is 0 Å². The highest BCUT2D eigenvalue weighted by atomic mass is 16.5. The second kappa shape index (κ2) is 8.43. The summed E-state index contributed by atoms with van der Waals surface area (Å²) in [7, 11) is 0. The molecule has 2 heterocycles. The number of pyridine rings is 1. The third-order valence-corrected chi connectivity index (χ3v) is 4.36. The van der Waals surface area contributed by atoms with Gasteiger partial charge in [0.05, 0.1) is 24.4 Å². The topological polar surface area (TPSA) is 73.1 Å². The van der Waals surface area contributed by atoms with Gasteiger partial charge in [0.15, 0.2) is 0 Å². The molecule has 0 aliphatic carbocycles. The number of ether oxygens (including phenoxy) is 1. The van der Waals surface area contributed by atoms with E-state index >= 15 is 0 Å². The Balaban J connectivity index is 1.85. The zero-order valence-electron chi connectivity index (χ0n) is 15.9. The Morgan fingerprint density at radius 2 is 1.96 bits per heavy atom. The molecule has 0 aromatic carbocycles. The first-order chi connectivity index (χ1) is 11.8. The molecule has 0 saturated heterocycles. The SMILES string of the molecule is Cc1ccc(OCCCCC(C(O)C(C)(C)C)n2cncn2)c(C)n1. The quantitative estimate of drug-likeness (QED) is 0.741. The first-order valence-corrected chi connectivity index (χ1v) is 8.88. The lowest BCUT2D eigenvalue weighted by Crippen LogP contribution is -2.35. The van der Waals surface area contributed by atoms with Crippen LogP contribution in [0.1, 0.15) is 57.5 Å². The van der Waals surface area contributed by atoms with E-state index in [4.69, 9.17) is 4.74 Å². The molecule has 1 N–H and O–H groups in total. The second-order valence-electron chi connectivity index (χ2n) is 7.63. The van der Waals surface area contributed by atoms with Gasteiger partial charge in [-0.15, -0.1) is 0 Å². The van der Waals surface area contributed by atoms with Gasteiger partial charge in [0.1, 0.15) is 18.4 Å². The van der Waals surface area contributed by atoms with Crippen LogP contribution in [-0.2, 0) is 0 Å². The van der Waals surface area contributed by atoms with Crippen LogP contribution in [0.3, 0.4) is 0 Å². The summed E-state index contributed by atoms with van der Waals surface area (Å²) in [5.41, 5.74) is 1.71. The van der Waals surface area contributed by atoms with E-state index in [1.165, 1.54) is 6.33 Å². The lowest BCUT2D eigenvalue weighted by Gasteiger charge is -2.33. The predicted molar refractivity (Wildman–Crippen MR) is 97.6 cm³/mol. The number of nitrogens with zero attached hydrogens (tertiary/aromatic N) is 4. The average molecular weight is 346 g/mol. The minimum absolute atomic E-state index is 0.0784. The number of hydrogen-bond donors (Lipinski definition) is 1. The van der Waals surface area contributed by atoms with E-state index in [0.29, 0.717) is 6.61 Å². The highest BCUT2D eigenvalue weighted by molar-refractivity contribution is 5.27. The molecule has 0 saturated carbocycles. The summed E-state index contributed by atoms with van der Waals surface area (Å²) in [5.74, 6) is 0.841. The molecule has 0 aliphatic rings. The smallest absolute Gasteiger partial charge is 0.140 e. The molecule has 138 valence electrons. The zero-order chi connectivity index (χ0) is 18.4. The highest BCUT2D eigenvalue weighted by Crippen LogP contribution is 2.31. The summed E-state index contributed by atoms with van der Waals surface area (Å²) >= 11 is 0. The summed E-state index contributed by atoms with van der Waals surface area (Å²) < 4.78 is 7.60. The van der Waals surface area contributed by atoms with Crippen molar-refractivity contribution in [2.24, 2.45) is 5.41 Å². The fourth-order valence-electron chi connectivity index (χ4n) is 2.86. The third kappa shape index (κ3) is 5.53. The van der Waals surface area contributed by atoms with Gasteiger partial charge in [0, 0.05) is 5.69 Å². The van der Waals surface area contributed by atoms with Crippen LogP contribution < -0.4 is 4.74 Å². The summed E-state index contributed by atoms with van der Waals surface area (Å²) in [6.45, 7) is 10.7. The Hall–Kier alpha value is -1.95. The number of hydrogen-bond acceptors (Lipinski definition) is 5. The van der Waals surface area contributed by atoms with Crippen LogP contribution in [0.5, 0.6) is 5.75 Å². The summed E-state index contributed by atoms with van der Waals surface area (Å²) in [5, 5.41) is 14.9. The van der Waals surface area contributed by atoms with E-state index in [1.54, 1.807) is 11.0 Å². The monoisotopic (exact) mass is 346 g/mol. The molecule has 2 rings (SSSR count). The molecule has 0 fully saturated rings. The lowest BCUT2D eigenvalue weighted by atomic mass is 9.83. The van der Waals surface area contributed by atoms with Crippen molar-refractivity contribution in [3.63, 3.8) is 0 Å². The maximum absolute atomic E-state index is 10.7. The zero-order valence-corrected chi connectivity index (χ0v) is 15.9. The van der Waals surface area contributed by atoms with Crippen LogP contribution in [0, 0.1) is 19.3 Å². The van der Waals surface area contributed by atoms with E-state index in [0.717, 1.165) is 36.4 Å². The number of rotatable bonds is 8. The van der Waals surface area contributed by atoms with E-state index in [1.807, 2.05) is 46.8 Å².